The van der Waals surface area contributed by atoms with Gasteiger partial charge in [0.1, 0.15) is 11.4 Å². The summed E-state index contributed by atoms with van der Waals surface area (Å²) in [6.07, 6.45) is 4.02. The number of fused-ring (bicyclic) bond motifs is 1. The van der Waals surface area contributed by atoms with Crippen LogP contribution < -0.4 is 4.74 Å². The molecule has 0 radical (unpaired) electrons. The van der Waals surface area contributed by atoms with Gasteiger partial charge in [-0.15, -0.1) is 0 Å². The van der Waals surface area contributed by atoms with Gasteiger partial charge in [-0.2, -0.15) is 0 Å². The summed E-state index contributed by atoms with van der Waals surface area (Å²) >= 11 is 0. The van der Waals surface area contributed by atoms with Gasteiger partial charge in [-0.05, 0) is 63.6 Å². The van der Waals surface area contributed by atoms with Crippen molar-refractivity contribution in [2.75, 3.05) is 7.11 Å². The van der Waals surface area contributed by atoms with Crippen molar-refractivity contribution in [3.8, 4) is 5.75 Å². The van der Waals surface area contributed by atoms with Gasteiger partial charge in [0.25, 0.3) is 0 Å². The molecule has 1 saturated carbocycles. The number of carbonyl (C=O) groups excluding carboxylic acids is 2. The Labute approximate surface area is 160 Å². The van der Waals surface area contributed by atoms with E-state index >= 15 is 0 Å². The van der Waals surface area contributed by atoms with E-state index in [4.69, 9.17) is 14.2 Å². The monoisotopic (exact) mass is 372 g/mol. The zero-order chi connectivity index (χ0) is 19.4. The quantitative estimate of drug-likeness (QED) is 0.597. The molecule has 146 valence electrons. The number of ether oxygens (including phenoxy) is 3. The number of esters is 1. The van der Waals surface area contributed by atoms with Crippen LogP contribution in [0.5, 0.6) is 5.75 Å². The maximum Gasteiger partial charge on any atom is 0.347 e. The molecule has 3 fully saturated rings. The van der Waals surface area contributed by atoms with Gasteiger partial charge in [-0.1, -0.05) is 18.6 Å². The minimum Gasteiger partial charge on any atom is -0.497 e. The van der Waals surface area contributed by atoms with Crippen LogP contribution in [-0.4, -0.2) is 35.7 Å². The zero-order valence-corrected chi connectivity index (χ0v) is 16.5. The number of hydrogen-bond acceptors (Lipinski definition) is 5. The van der Waals surface area contributed by atoms with Crippen molar-refractivity contribution in [2.45, 2.75) is 75.6 Å². The molecule has 3 aliphatic rings. The van der Waals surface area contributed by atoms with Gasteiger partial charge in [-0.25, -0.2) is 4.79 Å². The molecule has 4 rings (SSSR count). The van der Waals surface area contributed by atoms with Crippen LogP contribution in [0.4, 0.5) is 0 Å². The molecule has 5 heteroatoms. The summed E-state index contributed by atoms with van der Waals surface area (Å²) in [5, 5.41) is 0. The second-order valence-electron chi connectivity index (χ2n) is 9.08. The molecule has 27 heavy (non-hydrogen) atoms. The average Bonchev–Trinajstić information content (AvgIpc) is 3.09. The van der Waals surface area contributed by atoms with Crippen LogP contribution >= 0.6 is 0 Å². The summed E-state index contributed by atoms with van der Waals surface area (Å²) in [6, 6.07) is 7.68. The molecule has 2 aliphatic heterocycles. The average molecular weight is 372 g/mol. The topological polar surface area (TPSA) is 61.8 Å². The molecule has 2 heterocycles. The Kier molecular flexibility index (Phi) is 4.15. The maximum absolute atomic E-state index is 13.3. The zero-order valence-electron chi connectivity index (χ0n) is 16.5. The van der Waals surface area contributed by atoms with E-state index in [1.807, 2.05) is 45.0 Å². The van der Waals surface area contributed by atoms with E-state index in [1.165, 1.54) is 0 Å². The lowest BCUT2D eigenvalue weighted by atomic mass is 9.73. The fourth-order valence-electron chi connectivity index (χ4n) is 5.35. The van der Waals surface area contributed by atoms with Crippen molar-refractivity contribution in [2.24, 2.45) is 5.92 Å². The first-order valence-electron chi connectivity index (χ1n) is 9.83. The Hall–Kier alpha value is -1.88. The van der Waals surface area contributed by atoms with Crippen LogP contribution in [0.1, 0.15) is 64.4 Å². The highest BCUT2D eigenvalue weighted by atomic mass is 16.6. The molecule has 1 aromatic rings. The first-order chi connectivity index (χ1) is 12.7. The number of methoxy groups -OCH3 is 1. The number of benzene rings is 1. The minimum absolute atomic E-state index is 0.141. The largest absolute Gasteiger partial charge is 0.497 e. The highest BCUT2D eigenvalue weighted by Gasteiger charge is 2.73. The number of carbonyl (C=O) groups is 2. The number of hydrogen-bond donors (Lipinski definition) is 0. The van der Waals surface area contributed by atoms with Crippen molar-refractivity contribution in [3.05, 3.63) is 29.8 Å². The van der Waals surface area contributed by atoms with Gasteiger partial charge in [0.05, 0.1) is 12.7 Å². The van der Waals surface area contributed by atoms with Gasteiger partial charge in [0, 0.05) is 12.3 Å². The molecule has 4 atom stereocenters. The Morgan fingerprint density at radius 3 is 2.52 bits per heavy atom. The summed E-state index contributed by atoms with van der Waals surface area (Å²) in [7, 11) is 1.62. The van der Waals surface area contributed by atoms with E-state index in [0.717, 1.165) is 30.6 Å². The van der Waals surface area contributed by atoms with Gasteiger partial charge in [0.15, 0.2) is 5.78 Å². The molecule has 0 unspecified atom stereocenters. The van der Waals surface area contributed by atoms with Crippen LogP contribution in [0.25, 0.3) is 0 Å². The maximum atomic E-state index is 13.3. The van der Waals surface area contributed by atoms with E-state index in [9.17, 15) is 9.59 Å². The second-order valence-corrected chi connectivity index (χ2v) is 9.08. The van der Waals surface area contributed by atoms with Gasteiger partial charge < -0.3 is 14.2 Å². The molecule has 2 bridgehead atoms. The summed E-state index contributed by atoms with van der Waals surface area (Å²) < 4.78 is 17.5. The van der Waals surface area contributed by atoms with Gasteiger partial charge in [-0.3, -0.25) is 4.79 Å². The van der Waals surface area contributed by atoms with Crippen molar-refractivity contribution < 1.29 is 23.8 Å². The Balaban J connectivity index is 1.83. The van der Waals surface area contributed by atoms with Crippen molar-refractivity contribution in [3.63, 3.8) is 0 Å². The van der Waals surface area contributed by atoms with E-state index in [-0.39, 0.29) is 23.2 Å². The lowest BCUT2D eigenvalue weighted by molar-refractivity contribution is -0.201. The predicted molar refractivity (Wildman–Crippen MR) is 99.7 cm³/mol. The molecule has 1 aliphatic carbocycles. The van der Waals surface area contributed by atoms with Crippen LogP contribution in [0.2, 0.25) is 0 Å². The molecule has 1 spiro atoms. The minimum atomic E-state index is -1.52. The SMILES string of the molecule is COc1ccc([C@H]2[C@@H]3CCC[C@@]34CCC(=O)[C@]2(C(=O)OC(C)(C)C)O4)cc1. The molecular formula is C22H28O5. The summed E-state index contributed by atoms with van der Waals surface area (Å²) in [6.45, 7) is 5.47. The van der Waals surface area contributed by atoms with Crippen molar-refractivity contribution >= 4 is 11.8 Å². The molecule has 5 nitrogen and oxygen atoms in total. The van der Waals surface area contributed by atoms with E-state index in [1.54, 1.807) is 7.11 Å². The van der Waals surface area contributed by atoms with E-state index < -0.39 is 17.2 Å². The molecule has 0 N–H and O–H groups in total. The van der Waals surface area contributed by atoms with Crippen LogP contribution in [0.15, 0.2) is 24.3 Å². The normalized spacial score (nSPS) is 35.0. The third-order valence-corrected chi connectivity index (χ3v) is 6.36. The predicted octanol–water partition coefficient (Wildman–Crippen LogP) is 3.79. The van der Waals surface area contributed by atoms with E-state index in [2.05, 4.69) is 0 Å². The number of Topliss-reactive ketones (excluding diaryl/α,β-unsaturated/α-hetero) is 1. The molecule has 1 aromatic carbocycles. The Morgan fingerprint density at radius 2 is 1.89 bits per heavy atom. The smallest absolute Gasteiger partial charge is 0.347 e. The molecular weight excluding hydrogens is 344 g/mol. The lowest BCUT2D eigenvalue weighted by Gasteiger charge is -2.39. The molecule has 0 amide bonds. The van der Waals surface area contributed by atoms with Gasteiger partial charge in [0.2, 0.25) is 5.60 Å². The number of ketones is 1. The summed E-state index contributed by atoms with van der Waals surface area (Å²) in [5.74, 6) is -0.0769. The Bertz CT molecular complexity index is 762. The standard InChI is InChI=1S/C22H28O5/c1-20(2,3)26-19(24)22-17(23)11-13-21(27-22)12-5-6-16(21)18(22)14-7-9-15(25-4)10-8-14/h7-10,16,18H,5-6,11-13H2,1-4H3/t16-,18-,21+,22-/m0/s1. The third kappa shape index (κ3) is 2.70. The van der Waals surface area contributed by atoms with E-state index in [0.29, 0.717) is 12.8 Å². The first-order valence-corrected chi connectivity index (χ1v) is 9.83. The van der Waals surface area contributed by atoms with Crippen LogP contribution in [-0.2, 0) is 19.1 Å². The second kappa shape index (κ2) is 6.06. The summed E-state index contributed by atoms with van der Waals surface area (Å²) in [5.41, 5.74) is -1.63. The lowest BCUT2D eigenvalue weighted by Crippen LogP contribution is -2.56. The van der Waals surface area contributed by atoms with Crippen LogP contribution in [0.3, 0.4) is 0 Å². The van der Waals surface area contributed by atoms with Crippen molar-refractivity contribution in [1.29, 1.82) is 0 Å². The Morgan fingerprint density at radius 1 is 1.19 bits per heavy atom. The highest BCUT2D eigenvalue weighted by molar-refractivity contribution is 6.10. The highest BCUT2D eigenvalue weighted by Crippen LogP contribution is 2.64. The number of rotatable bonds is 3. The first kappa shape index (κ1) is 18.5. The third-order valence-electron chi connectivity index (χ3n) is 6.36. The molecule has 2 saturated heterocycles. The molecule has 0 aromatic heterocycles. The summed E-state index contributed by atoms with van der Waals surface area (Å²) in [4.78, 5) is 26.5. The van der Waals surface area contributed by atoms with Gasteiger partial charge >= 0.3 is 5.97 Å². The van der Waals surface area contributed by atoms with Crippen molar-refractivity contribution in [1.82, 2.24) is 0 Å². The fraction of sp³-hybridized carbons (Fsp3) is 0.636. The fourth-order valence-corrected chi connectivity index (χ4v) is 5.35. The van der Waals surface area contributed by atoms with Crippen LogP contribution in [0, 0.1) is 5.92 Å².